The third-order valence-electron chi connectivity index (χ3n) is 6.18. The molecule has 1 aliphatic heterocycles. The van der Waals surface area contributed by atoms with Gasteiger partial charge >= 0.3 is 5.97 Å². The summed E-state index contributed by atoms with van der Waals surface area (Å²) in [6.07, 6.45) is 4.73. The van der Waals surface area contributed by atoms with Gasteiger partial charge < -0.3 is 9.75 Å². The number of piperidine rings is 1. The molecule has 0 N–H and O–H groups in total. The molecule has 5 heteroatoms. The Kier molecular flexibility index (Phi) is 6.09. The number of rotatable bonds is 6. The van der Waals surface area contributed by atoms with E-state index in [2.05, 4.69) is 59.0 Å². The van der Waals surface area contributed by atoms with E-state index in [1.54, 1.807) is 0 Å². The Labute approximate surface area is 178 Å². The minimum atomic E-state index is -0.292. The number of hydrogen-bond acceptors (Lipinski definition) is 4. The van der Waals surface area contributed by atoms with Crippen LogP contribution in [-0.4, -0.2) is 42.8 Å². The minimum Gasteiger partial charge on any atom is -0.465 e. The van der Waals surface area contributed by atoms with Crippen LogP contribution >= 0.6 is 0 Å². The molecule has 30 heavy (non-hydrogen) atoms. The van der Waals surface area contributed by atoms with Gasteiger partial charge in [-0.25, -0.2) is 4.79 Å². The van der Waals surface area contributed by atoms with E-state index in [1.165, 1.54) is 31.1 Å². The minimum absolute atomic E-state index is 0.292. The lowest BCUT2D eigenvalue weighted by Crippen LogP contribution is -2.32. The summed E-state index contributed by atoms with van der Waals surface area (Å²) in [5, 5.41) is 3.34. The van der Waals surface area contributed by atoms with Gasteiger partial charge in [-0.3, -0.25) is 9.58 Å². The third-order valence-corrected chi connectivity index (χ3v) is 6.18. The zero-order valence-electron chi connectivity index (χ0n) is 18.2. The highest BCUT2D eigenvalue weighted by Gasteiger charge is 2.20. The summed E-state index contributed by atoms with van der Waals surface area (Å²) in [4.78, 5) is 14.7. The smallest absolute Gasteiger partial charge is 0.337 e. The van der Waals surface area contributed by atoms with Crippen molar-refractivity contribution in [3.8, 4) is 0 Å². The monoisotopic (exact) mass is 405 g/mol. The number of aromatic nitrogens is 1. The molecule has 3 aromatic rings. The maximum atomic E-state index is 12.1. The largest absolute Gasteiger partial charge is 0.465 e. The summed E-state index contributed by atoms with van der Waals surface area (Å²) in [7, 11) is 3.54. The first-order valence-corrected chi connectivity index (χ1v) is 10.7. The Morgan fingerprint density at radius 3 is 2.57 bits per heavy atom. The molecule has 0 spiro atoms. The Bertz CT molecular complexity index is 1000. The van der Waals surface area contributed by atoms with Crippen molar-refractivity contribution in [3.05, 3.63) is 71.4 Å². The predicted octanol–water partition coefficient (Wildman–Crippen LogP) is 4.43. The van der Waals surface area contributed by atoms with Crippen LogP contribution in [0.2, 0.25) is 0 Å². The van der Waals surface area contributed by atoms with Crippen molar-refractivity contribution < 1.29 is 9.53 Å². The van der Waals surface area contributed by atoms with Crippen molar-refractivity contribution in [1.82, 2.24) is 9.58 Å². The van der Waals surface area contributed by atoms with Crippen LogP contribution < -0.4 is 5.01 Å². The molecule has 158 valence electrons. The highest BCUT2D eigenvalue weighted by atomic mass is 16.5. The zero-order valence-corrected chi connectivity index (χ0v) is 18.2. The topological polar surface area (TPSA) is 37.7 Å². The molecule has 5 nitrogen and oxygen atoms in total. The van der Waals surface area contributed by atoms with Crippen LogP contribution in [0, 0.1) is 5.92 Å². The molecule has 0 radical (unpaired) electrons. The number of carbonyl (C=O) groups is 1. The van der Waals surface area contributed by atoms with E-state index in [0.29, 0.717) is 5.56 Å². The van der Waals surface area contributed by atoms with Gasteiger partial charge in [0.1, 0.15) is 0 Å². The lowest BCUT2D eigenvalue weighted by molar-refractivity contribution is 0.0601. The van der Waals surface area contributed by atoms with Gasteiger partial charge in [-0.2, -0.15) is 0 Å². The SMILES string of the molecule is COC(=O)c1ccc2c(c1)c(CN1CCC(C)CC1)cn2N(C)Cc1ccccc1. The molecule has 1 aromatic heterocycles. The molecule has 0 unspecified atom stereocenters. The molecule has 0 bridgehead atoms. The first kappa shape index (κ1) is 20.5. The number of fused-ring (bicyclic) bond motifs is 1. The van der Waals surface area contributed by atoms with Crippen LogP contribution in [0.1, 0.15) is 41.3 Å². The first-order valence-electron chi connectivity index (χ1n) is 10.7. The number of methoxy groups -OCH3 is 1. The van der Waals surface area contributed by atoms with Crippen LogP contribution in [0.5, 0.6) is 0 Å². The fraction of sp³-hybridized carbons (Fsp3) is 0.400. The van der Waals surface area contributed by atoms with E-state index in [1.807, 2.05) is 24.3 Å². The van der Waals surface area contributed by atoms with Gasteiger partial charge in [-0.05, 0) is 61.2 Å². The van der Waals surface area contributed by atoms with E-state index in [-0.39, 0.29) is 5.97 Å². The summed E-state index contributed by atoms with van der Waals surface area (Å²) in [6, 6.07) is 16.3. The quantitative estimate of drug-likeness (QED) is 0.569. The molecule has 2 heterocycles. The van der Waals surface area contributed by atoms with E-state index < -0.39 is 0 Å². The molecular formula is C25H31N3O2. The maximum absolute atomic E-state index is 12.1. The standard InChI is InChI=1S/C25H31N3O2/c1-19-11-13-27(14-12-19)17-22-18-28(26(2)16-20-7-5-4-6-8-20)24-10-9-21(15-23(22)24)25(29)30-3/h4-10,15,18-19H,11-14,16-17H2,1-3H3. The normalized spacial score (nSPS) is 15.4. The molecule has 4 rings (SSSR count). The molecule has 1 aliphatic rings. The Hall–Kier alpha value is -2.79. The summed E-state index contributed by atoms with van der Waals surface area (Å²) in [6.45, 7) is 6.31. The summed E-state index contributed by atoms with van der Waals surface area (Å²) < 4.78 is 7.17. The van der Waals surface area contributed by atoms with E-state index in [9.17, 15) is 4.79 Å². The lowest BCUT2D eigenvalue weighted by atomic mass is 9.99. The average Bonchev–Trinajstić information content (AvgIpc) is 3.13. The van der Waals surface area contributed by atoms with Crippen molar-refractivity contribution >= 4 is 16.9 Å². The Balaban J connectivity index is 1.68. The Morgan fingerprint density at radius 1 is 1.13 bits per heavy atom. The number of hydrogen-bond donors (Lipinski definition) is 0. The third kappa shape index (κ3) is 4.36. The Morgan fingerprint density at radius 2 is 1.87 bits per heavy atom. The molecule has 1 fully saturated rings. The average molecular weight is 406 g/mol. The van der Waals surface area contributed by atoms with E-state index >= 15 is 0 Å². The van der Waals surface area contributed by atoms with Gasteiger partial charge in [0, 0.05) is 25.2 Å². The molecule has 0 amide bonds. The van der Waals surface area contributed by atoms with Gasteiger partial charge in [-0.15, -0.1) is 0 Å². The van der Waals surface area contributed by atoms with Gasteiger partial charge in [0.2, 0.25) is 0 Å². The molecule has 0 saturated carbocycles. The van der Waals surface area contributed by atoms with Gasteiger partial charge in [-0.1, -0.05) is 37.3 Å². The van der Waals surface area contributed by atoms with Crippen molar-refractivity contribution in [3.63, 3.8) is 0 Å². The summed E-state index contributed by atoms with van der Waals surface area (Å²) >= 11 is 0. The van der Waals surface area contributed by atoms with Crippen LogP contribution in [0.25, 0.3) is 10.9 Å². The second kappa shape index (κ2) is 8.92. The van der Waals surface area contributed by atoms with Crippen molar-refractivity contribution in [2.24, 2.45) is 5.92 Å². The number of benzene rings is 2. The second-order valence-corrected chi connectivity index (χ2v) is 8.48. The number of carbonyl (C=O) groups excluding carboxylic acids is 1. The lowest BCUT2D eigenvalue weighted by Gasteiger charge is -2.30. The molecule has 2 aromatic carbocycles. The molecule has 1 saturated heterocycles. The van der Waals surface area contributed by atoms with Gasteiger partial charge in [0.05, 0.1) is 24.7 Å². The molecule has 0 atom stereocenters. The van der Waals surface area contributed by atoms with E-state index in [0.717, 1.165) is 43.0 Å². The number of esters is 1. The van der Waals surface area contributed by atoms with Crippen LogP contribution in [-0.2, 0) is 17.8 Å². The van der Waals surface area contributed by atoms with Crippen LogP contribution in [0.3, 0.4) is 0 Å². The van der Waals surface area contributed by atoms with Crippen molar-refractivity contribution in [2.45, 2.75) is 32.9 Å². The fourth-order valence-corrected chi connectivity index (χ4v) is 4.32. The molecular weight excluding hydrogens is 374 g/mol. The summed E-state index contributed by atoms with van der Waals surface area (Å²) in [5.74, 6) is 0.519. The maximum Gasteiger partial charge on any atom is 0.337 e. The van der Waals surface area contributed by atoms with Crippen molar-refractivity contribution in [1.29, 1.82) is 0 Å². The highest BCUT2D eigenvalue weighted by molar-refractivity contribution is 5.96. The predicted molar refractivity (Wildman–Crippen MR) is 121 cm³/mol. The van der Waals surface area contributed by atoms with Crippen LogP contribution in [0.4, 0.5) is 0 Å². The summed E-state index contributed by atoms with van der Waals surface area (Å²) in [5.41, 5.74) is 4.23. The number of likely N-dealkylation sites (tertiary alicyclic amines) is 1. The highest BCUT2D eigenvalue weighted by Crippen LogP contribution is 2.27. The second-order valence-electron chi connectivity index (χ2n) is 8.48. The fourth-order valence-electron chi connectivity index (χ4n) is 4.32. The first-order chi connectivity index (χ1) is 14.5. The number of nitrogens with zero attached hydrogens (tertiary/aromatic N) is 3. The number of ether oxygens (including phenoxy) is 1. The zero-order chi connectivity index (χ0) is 21.1. The van der Waals surface area contributed by atoms with Crippen molar-refractivity contribution in [2.75, 3.05) is 32.3 Å². The van der Waals surface area contributed by atoms with Crippen LogP contribution in [0.15, 0.2) is 54.7 Å². The van der Waals surface area contributed by atoms with Gasteiger partial charge in [0.15, 0.2) is 0 Å². The molecule has 0 aliphatic carbocycles. The van der Waals surface area contributed by atoms with E-state index in [4.69, 9.17) is 4.74 Å². The van der Waals surface area contributed by atoms with Gasteiger partial charge in [0.25, 0.3) is 0 Å².